The number of rotatable bonds is 9. The Morgan fingerprint density at radius 3 is 2.26 bits per heavy atom. The van der Waals surface area contributed by atoms with E-state index < -0.39 is 35.4 Å². The Morgan fingerprint density at radius 2 is 1.71 bits per heavy atom. The number of hydrogen-bond acceptors (Lipinski definition) is 8. The van der Waals surface area contributed by atoms with E-state index in [1.54, 1.807) is 12.1 Å². The van der Waals surface area contributed by atoms with Crippen LogP contribution < -0.4 is 21.7 Å². The minimum Gasteiger partial charge on any atom is -0.479 e. The predicted octanol–water partition coefficient (Wildman–Crippen LogP) is -0.890. The molecule has 3 amide bonds. The number of hydrogen-bond donors (Lipinski definition) is 6. The maximum atomic E-state index is 13.4. The zero-order chi connectivity index (χ0) is 27.4. The number of amidine groups is 1. The van der Waals surface area contributed by atoms with Crippen LogP contribution in [0.25, 0.3) is 0 Å². The Morgan fingerprint density at radius 1 is 1.08 bits per heavy atom. The smallest absolute Gasteiger partial charge is 0.334 e. The topological polar surface area (TPSA) is 194 Å². The third-order valence-corrected chi connectivity index (χ3v) is 7.01. The summed E-state index contributed by atoms with van der Waals surface area (Å²) in [5, 5.41) is 27.2. The molecule has 3 unspecified atom stereocenters. The lowest BCUT2D eigenvalue weighted by molar-refractivity contribution is -0.173. The van der Waals surface area contributed by atoms with E-state index in [1.165, 1.54) is 47.3 Å². The minimum atomic E-state index is -2.11. The lowest BCUT2D eigenvalue weighted by Gasteiger charge is -2.52. The fourth-order valence-electron chi connectivity index (χ4n) is 5.17. The van der Waals surface area contributed by atoms with Gasteiger partial charge in [0.1, 0.15) is 17.6 Å². The van der Waals surface area contributed by atoms with Crippen LogP contribution in [-0.4, -0.2) is 95.3 Å². The number of nitrogen functional groups attached to an aromatic ring is 1. The van der Waals surface area contributed by atoms with Crippen molar-refractivity contribution in [3.63, 3.8) is 0 Å². The van der Waals surface area contributed by atoms with E-state index in [0.29, 0.717) is 18.7 Å². The van der Waals surface area contributed by atoms with Crippen LogP contribution in [0.4, 0.5) is 0 Å². The van der Waals surface area contributed by atoms with Gasteiger partial charge in [0, 0.05) is 37.3 Å². The minimum absolute atomic E-state index is 0.00829. The summed E-state index contributed by atoms with van der Waals surface area (Å²) in [7, 11) is 0. The summed E-state index contributed by atoms with van der Waals surface area (Å²) in [6, 6.07) is 6.71. The first-order chi connectivity index (χ1) is 18.2. The van der Waals surface area contributed by atoms with Gasteiger partial charge in [-0.05, 0) is 31.2 Å². The lowest BCUT2D eigenvalue weighted by atomic mass is 9.77. The fraction of sp³-hybridized carbons (Fsp3) is 0.400. The molecule has 2 aliphatic heterocycles. The molecule has 13 heteroatoms. The maximum absolute atomic E-state index is 13.4. The number of furan rings is 1. The van der Waals surface area contributed by atoms with Crippen LogP contribution >= 0.6 is 0 Å². The second-order valence-corrected chi connectivity index (χ2v) is 9.22. The SMILES string of the molecule is CC(NC(=O)c1ccc(C(=N)N)cc1)C(C(=O)O)(C(c1ccco1)N1CCNCC1=O)N1CCNCC1=O. The summed E-state index contributed by atoms with van der Waals surface area (Å²) < 4.78 is 5.68. The Balaban J connectivity index is 1.83. The van der Waals surface area contributed by atoms with Crippen LogP contribution in [0.2, 0.25) is 0 Å². The Hall–Kier alpha value is -4.23. The number of carbonyl (C=O) groups is 4. The zero-order valence-electron chi connectivity index (χ0n) is 20.9. The van der Waals surface area contributed by atoms with E-state index in [-0.39, 0.29) is 49.2 Å². The second-order valence-electron chi connectivity index (χ2n) is 9.22. The zero-order valence-corrected chi connectivity index (χ0v) is 20.9. The number of carbonyl (C=O) groups excluding carboxylic acids is 3. The van der Waals surface area contributed by atoms with Gasteiger partial charge in [-0.25, -0.2) is 4.79 Å². The van der Waals surface area contributed by atoms with Crippen molar-refractivity contribution in [2.24, 2.45) is 5.73 Å². The normalized spacial score (nSPS) is 19.4. The van der Waals surface area contributed by atoms with Crippen LogP contribution in [0.3, 0.4) is 0 Å². The molecule has 2 aliphatic rings. The fourth-order valence-corrected chi connectivity index (χ4v) is 5.17. The number of aliphatic carboxylic acids is 1. The van der Waals surface area contributed by atoms with Gasteiger partial charge in [0.25, 0.3) is 5.91 Å². The summed E-state index contributed by atoms with van der Waals surface area (Å²) >= 11 is 0. The van der Waals surface area contributed by atoms with Crippen molar-refractivity contribution in [2.45, 2.75) is 24.5 Å². The van der Waals surface area contributed by atoms with E-state index in [0.717, 1.165) is 0 Å². The molecule has 2 fully saturated rings. The van der Waals surface area contributed by atoms with Crippen LogP contribution in [0.1, 0.15) is 34.6 Å². The summed E-state index contributed by atoms with van der Waals surface area (Å²) in [5.41, 5.74) is 4.02. The van der Waals surface area contributed by atoms with Crippen molar-refractivity contribution in [2.75, 3.05) is 39.3 Å². The molecular weight excluding hydrogens is 494 g/mol. The predicted molar refractivity (Wildman–Crippen MR) is 135 cm³/mol. The first-order valence-electron chi connectivity index (χ1n) is 12.2. The van der Waals surface area contributed by atoms with Crippen LogP contribution in [-0.2, 0) is 14.4 Å². The van der Waals surface area contributed by atoms with Gasteiger partial charge >= 0.3 is 5.97 Å². The third kappa shape index (κ3) is 4.85. The van der Waals surface area contributed by atoms with Crippen molar-refractivity contribution >= 4 is 29.5 Å². The molecule has 0 saturated carbocycles. The molecule has 7 N–H and O–H groups in total. The molecular formula is C25H31N7O6. The standard InChI is InChI=1S/C25H31N7O6/c1-15(30-23(35)17-6-4-16(5-7-17)22(26)27)25(24(36)37,32-11-9-29-14-20(32)34)21(18-3-2-12-38-18)31-10-8-28-13-19(31)33/h2-7,12,15,21,28-29H,8-11,13-14H2,1H3,(H3,26,27)(H,30,35)(H,36,37). The molecule has 3 heterocycles. The number of nitrogens with one attached hydrogen (secondary N) is 4. The van der Waals surface area contributed by atoms with Gasteiger partial charge in [0.2, 0.25) is 11.8 Å². The van der Waals surface area contributed by atoms with Gasteiger partial charge in [-0.1, -0.05) is 12.1 Å². The van der Waals surface area contributed by atoms with Crippen molar-refractivity contribution in [3.8, 4) is 0 Å². The maximum Gasteiger partial charge on any atom is 0.334 e. The number of benzene rings is 1. The molecule has 3 atom stereocenters. The van der Waals surface area contributed by atoms with E-state index in [4.69, 9.17) is 15.6 Å². The number of carboxylic acids is 1. The van der Waals surface area contributed by atoms with Crippen LogP contribution in [0.5, 0.6) is 0 Å². The number of carboxylic acid groups (broad SMARTS) is 1. The lowest BCUT2D eigenvalue weighted by Crippen LogP contribution is -2.75. The van der Waals surface area contributed by atoms with Crippen molar-refractivity contribution < 1.29 is 28.7 Å². The summed E-state index contributed by atoms with van der Waals surface area (Å²) in [6.45, 7) is 2.36. The molecule has 4 rings (SSSR count). The molecule has 1 aromatic heterocycles. The quantitative estimate of drug-likeness (QED) is 0.178. The van der Waals surface area contributed by atoms with Gasteiger partial charge in [-0.2, -0.15) is 0 Å². The highest BCUT2D eigenvalue weighted by molar-refractivity contribution is 5.99. The molecule has 202 valence electrons. The van der Waals surface area contributed by atoms with Crippen LogP contribution in [0, 0.1) is 5.41 Å². The largest absolute Gasteiger partial charge is 0.479 e. The molecule has 0 aliphatic carbocycles. The number of piperazine rings is 2. The van der Waals surface area contributed by atoms with Gasteiger partial charge in [0.05, 0.1) is 25.4 Å². The number of nitrogens with two attached hydrogens (primary N) is 1. The average molecular weight is 526 g/mol. The summed E-state index contributed by atoms with van der Waals surface area (Å²) in [5.74, 6) is -2.80. The van der Waals surface area contributed by atoms with Gasteiger partial charge in [-0.15, -0.1) is 0 Å². The summed E-state index contributed by atoms with van der Waals surface area (Å²) in [6.07, 6.45) is 1.38. The van der Waals surface area contributed by atoms with Gasteiger partial charge in [0.15, 0.2) is 5.54 Å². The molecule has 1 aromatic carbocycles. The average Bonchev–Trinajstić information content (AvgIpc) is 3.42. The highest BCUT2D eigenvalue weighted by Crippen LogP contribution is 2.41. The molecule has 2 aromatic rings. The highest BCUT2D eigenvalue weighted by Gasteiger charge is 2.61. The molecule has 38 heavy (non-hydrogen) atoms. The highest BCUT2D eigenvalue weighted by atomic mass is 16.4. The molecule has 2 saturated heterocycles. The van der Waals surface area contributed by atoms with Crippen LogP contribution in [0.15, 0.2) is 47.1 Å². The third-order valence-electron chi connectivity index (χ3n) is 7.01. The second kappa shape index (κ2) is 11.0. The molecule has 0 spiro atoms. The Kier molecular flexibility index (Phi) is 7.78. The first-order valence-corrected chi connectivity index (χ1v) is 12.2. The molecule has 0 bridgehead atoms. The monoisotopic (exact) mass is 525 g/mol. The van der Waals surface area contributed by atoms with Crippen molar-refractivity contribution in [1.82, 2.24) is 25.8 Å². The van der Waals surface area contributed by atoms with Crippen molar-refractivity contribution in [1.29, 1.82) is 5.41 Å². The first kappa shape index (κ1) is 26.8. The molecule has 13 nitrogen and oxygen atoms in total. The van der Waals surface area contributed by atoms with Gasteiger partial charge in [-0.3, -0.25) is 19.8 Å². The van der Waals surface area contributed by atoms with Gasteiger partial charge < -0.3 is 41.0 Å². The van der Waals surface area contributed by atoms with E-state index in [2.05, 4.69) is 16.0 Å². The van der Waals surface area contributed by atoms with Crippen molar-refractivity contribution in [3.05, 3.63) is 59.5 Å². The Labute approximate surface area is 218 Å². The van der Waals surface area contributed by atoms with E-state index >= 15 is 0 Å². The number of amides is 3. The molecule has 0 radical (unpaired) electrons. The Bertz CT molecular complexity index is 1220. The van der Waals surface area contributed by atoms with E-state index in [1.807, 2.05) is 0 Å². The summed E-state index contributed by atoms with van der Waals surface area (Å²) in [4.78, 5) is 55.7. The number of nitrogens with zero attached hydrogens (tertiary/aromatic N) is 2. The van der Waals surface area contributed by atoms with E-state index in [9.17, 15) is 24.3 Å².